The van der Waals surface area contributed by atoms with E-state index in [9.17, 15) is 9.59 Å². The Kier molecular flexibility index (Phi) is 5.13. The maximum Gasteiger partial charge on any atom is 0.338 e. The molecule has 1 saturated heterocycles. The first kappa shape index (κ1) is 16.9. The van der Waals surface area contributed by atoms with Gasteiger partial charge in [-0.1, -0.05) is 36.1 Å². The SMILES string of the molecule is CCOC(=O)c1cccc(N2C(=O)/C(=C\c3cccs3)SC2=S)c1. The van der Waals surface area contributed by atoms with Crippen LogP contribution in [0.15, 0.2) is 46.7 Å². The molecule has 0 bridgehead atoms. The number of ether oxygens (including phenoxy) is 1. The number of esters is 1. The van der Waals surface area contributed by atoms with Crippen LogP contribution in [0.5, 0.6) is 0 Å². The minimum absolute atomic E-state index is 0.181. The van der Waals surface area contributed by atoms with E-state index in [1.165, 1.54) is 16.7 Å². The molecule has 0 unspecified atom stereocenters. The number of hydrogen-bond donors (Lipinski definition) is 0. The largest absolute Gasteiger partial charge is 0.462 e. The predicted molar refractivity (Wildman–Crippen MR) is 102 cm³/mol. The number of thioether (sulfide) groups is 1. The third-order valence-corrected chi connectivity index (χ3v) is 5.35. The van der Waals surface area contributed by atoms with Crippen molar-refractivity contribution in [2.75, 3.05) is 11.5 Å². The van der Waals surface area contributed by atoms with Gasteiger partial charge in [-0.05, 0) is 42.6 Å². The second-order valence-electron chi connectivity index (χ2n) is 4.80. The van der Waals surface area contributed by atoms with E-state index in [-0.39, 0.29) is 5.91 Å². The average molecular weight is 375 g/mol. The molecule has 0 radical (unpaired) electrons. The lowest BCUT2D eigenvalue weighted by molar-refractivity contribution is -0.113. The molecule has 122 valence electrons. The van der Waals surface area contributed by atoms with Gasteiger partial charge in [-0.15, -0.1) is 11.3 Å². The van der Waals surface area contributed by atoms with Crippen molar-refractivity contribution in [3.05, 3.63) is 57.1 Å². The Morgan fingerprint density at radius 2 is 2.17 bits per heavy atom. The minimum Gasteiger partial charge on any atom is -0.462 e. The molecule has 1 aromatic carbocycles. The molecule has 2 heterocycles. The predicted octanol–water partition coefficient (Wildman–Crippen LogP) is 4.33. The molecule has 1 amide bonds. The van der Waals surface area contributed by atoms with Crippen LogP contribution in [0, 0.1) is 0 Å². The summed E-state index contributed by atoms with van der Waals surface area (Å²) in [5, 5.41) is 1.95. The van der Waals surface area contributed by atoms with Gasteiger partial charge in [0.05, 0.1) is 22.8 Å². The standard InChI is InChI=1S/C17H13NO3S3/c1-2-21-16(20)11-5-3-6-12(9-11)18-15(19)14(24-17(18)22)10-13-7-4-8-23-13/h3-10H,2H2,1H3/b14-10+. The first-order valence-electron chi connectivity index (χ1n) is 7.19. The molecule has 24 heavy (non-hydrogen) atoms. The summed E-state index contributed by atoms with van der Waals surface area (Å²) in [6.07, 6.45) is 1.83. The van der Waals surface area contributed by atoms with Crippen molar-refractivity contribution in [2.24, 2.45) is 0 Å². The van der Waals surface area contributed by atoms with Gasteiger partial charge in [0.25, 0.3) is 5.91 Å². The van der Waals surface area contributed by atoms with Crippen LogP contribution >= 0.6 is 35.3 Å². The van der Waals surface area contributed by atoms with Crippen LogP contribution in [0.1, 0.15) is 22.2 Å². The highest BCUT2D eigenvalue weighted by molar-refractivity contribution is 8.27. The van der Waals surface area contributed by atoms with E-state index in [1.54, 1.807) is 42.5 Å². The Morgan fingerprint density at radius 1 is 1.33 bits per heavy atom. The van der Waals surface area contributed by atoms with Crippen LogP contribution in [0.4, 0.5) is 5.69 Å². The van der Waals surface area contributed by atoms with Crippen LogP contribution < -0.4 is 4.90 Å². The number of thiophene rings is 1. The van der Waals surface area contributed by atoms with E-state index in [1.807, 2.05) is 23.6 Å². The molecule has 1 aromatic heterocycles. The lowest BCUT2D eigenvalue weighted by Gasteiger charge is -2.15. The van der Waals surface area contributed by atoms with Gasteiger partial charge in [0, 0.05) is 4.88 Å². The molecule has 1 aliphatic rings. The Labute approximate surface area is 153 Å². The Hall–Kier alpha value is -1.96. The number of amides is 1. The highest BCUT2D eigenvalue weighted by Gasteiger charge is 2.33. The molecule has 3 rings (SSSR count). The number of nitrogens with zero attached hydrogens (tertiary/aromatic N) is 1. The lowest BCUT2D eigenvalue weighted by atomic mass is 10.2. The van der Waals surface area contributed by atoms with Crippen molar-refractivity contribution in [1.82, 2.24) is 0 Å². The summed E-state index contributed by atoms with van der Waals surface area (Å²) in [5.41, 5.74) is 0.961. The summed E-state index contributed by atoms with van der Waals surface area (Å²) in [4.78, 5) is 27.6. The van der Waals surface area contributed by atoms with Crippen LogP contribution in [-0.2, 0) is 9.53 Å². The molecule has 1 aliphatic heterocycles. The molecule has 1 fully saturated rings. The molecular weight excluding hydrogens is 362 g/mol. The third kappa shape index (κ3) is 3.43. The number of carbonyl (C=O) groups excluding carboxylic acids is 2. The Balaban J connectivity index is 1.90. The van der Waals surface area contributed by atoms with Crippen molar-refractivity contribution in [3.8, 4) is 0 Å². The molecule has 0 aliphatic carbocycles. The second-order valence-corrected chi connectivity index (χ2v) is 7.46. The highest BCUT2D eigenvalue weighted by Crippen LogP contribution is 2.36. The van der Waals surface area contributed by atoms with Crippen molar-refractivity contribution >= 4 is 63.3 Å². The zero-order chi connectivity index (χ0) is 17.1. The summed E-state index contributed by atoms with van der Waals surface area (Å²) < 4.78 is 5.45. The van der Waals surface area contributed by atoms with E-state index >= 15 is 0 Å². The normalized spacial score (nSPS) is 16.0. The molecular formula is C17H13NO3S3. The topological polar surface area (TPSA) is 46.6 Å². The fraction of sp³-hybridized carbons (Fsp3) is 0.118. The van der Waals surface area contributed by atoms with Gasteiger partial charge >= 0.3 is 5.97 Å². The van der Waals surface area contributed by atoms with Crippen LogP contribution in [0.25, 0.3) is 6.08 Å². The van der Waals surface area contributed by atoms with Gasteiger partial charge in [0.15, 0.2) is 4.32 Å². The maximum absolute atomic E-state index is 12.7. The molecule has 2 aromatic rings. The number of benzene rings is 1. The first-order chi connectivity index (χ1) is 11.6. The minimum atomic E-state index is -0.418. The van der Waals surface area contributed by atoms with Crippen molar-refractivity contribution in [3.63, 3.8) is 0 Å². The first-order valence-corrected chi connectivity index (χ1v) is 9.29. The van der Waals surface area contributed by atoms with E-state index in [0.717, 1.165) is 4.88 Å². The smallest absolute Gasteiger partial charge is 0.338 e. The van der Waals surface area contributed by atoms with Crippen molar-refractivity contribution in [1.29, 1.82) is 0 Å². The maximum atomic E-state index is 12.7. The highest BCUT2D eigenvalue weighted by atomic mass is 32.2. The fourth-order valence-electron chi connectivity index (χ4n) is 2.18. The monoisotopic (exact) mass is 375 g/mol. The lowest BCUT2D eigenvalue weighted by Crippen LogP contribution is -2.27. The van der Waals surface area contributed by atoms with Gasteiger partial charge in [-0.2, -0.15) is 0 Å². The van der Waals surface area contributed by atoms with E-state index in [0.29, 0.717) is 27.1 Å². The zero-order valence-corrected chi connectivity index (χ0v) is 15.2. The molecule has 4 nitrogen and oxygen atoms in total. The summed E-state index contributed by atoms with van der Waals surface area (Å²) in [6, 6.07) is 10.6. The van der Waals surface area contributed by atoms with Gasteiger partial charge in [-0.3, -0.25) is 9.69 Å². The number of rotatable bonds is 4. The third-order valence-electron chi connectivity index (χ3n) is 3.23. The van der Waals surface area contributed by atoms with E-state index in [4.69, 9.17) is 17.0 Å². The van der Waals surface area contributed by atoms with Gasteiger partial charge in [-0.25, -0.2) is 4.79 Å². The molecule has 7 heteroatoms. The second kappa shape index (κ2) is 7.29. The summed E-state index contributed by atoms with van der Waals surface area (Å²) in [7, 11) is 0. The summed E-state index contributed by atoms with van der Waals surface area (Å²) in [5.74, 6) is -0.599. The Bertz CT molecular complexity index is 827. The Morgan fingerprint density at radius 3 is 2.88 bits per heavy atom. The number of carbonyl (C=O) groups is 2. The fourth-order valence-corrected chi connectivity index (χ4v) is 4.20. The summed E-state index contributed by atoms with van der Waals surface area (Å²) in [6.45, 7) is 2.05. The van der Waals surface area contributed by atoms with Gasteiger partial charge in [0.2, 0.25) is 0 Å². The number of anilines is 1. The molecule has 0 atom stereocenters. The molecule has 0 N–H and O–H groups in total. The quantitative estimate of drug-likeness (QED) is 0.452. The molecule has 0 saturated carbocycles. The number of thiocarbonyl (C=S) groups is 1. The van der Waals surface area contributed by atoms with Crippen LogP contribution in [0.3, 0.4) is 0 Å². The van der Waals surface area contributed by atoms with E-state index in [2.05, 4.69) is 0 Å². The number of hydrogen-bond acceptors (Lipinski definition) is 6. The summed E-state index contributed by atoms with van der Waals surface area (Å²) >= 11 is 8.16. The van der Waals surface area contributed by atoms with Crippen LogP contribution in [-0.4, -0.2) is 22.8 Å². The van der Waals surface area contributed by atoms with Crippen molar-refractivity contribution in [2.45, 2.75) is 6.92 Å². The van der Waals surface area contributed by atoms with Crippen molar-refractivity contribution < 1.29 is 14.3 Å². The van der Waals surface area contributed by atoms with E-state index < -0.39 is 5.97 Å². The van der Waals surface area contributed by atoms with Gasteiger partial charge < -0.3 is 4.74 Å². The van der Waals surface area contributed by atoms with Crippen LogP contribution in [0.2, 0.25) is 0 Å². The average Bonchev–Trinajstić information content (AvgIpc) is 3.17. The molecule has 0 spiro atoms. The van der Waals surface area contributed by atoms with Gasteiger partial charge in [0.1, 0.15) is 0 Å². The zero-order valence-electron chi connectivity index (χ0n) is 12.7.